The SMILES string of the molecule is CCOC(=O)C1CC/C1=C/CS(=O)(=O)c1ccc(C)cc1. The van der Waals surface area contributed by atoms with Crippen molar-refractivity contribution in [2.24, 2.45) is 5.92 Å². The Morgan fingerprint density at radius 1 is 1.33 bits per heavy atom. The molecule has 0 radical (unpaired) electrons. The number of hydrogen-bond donors (Lipinski definition) is 0. The van der Waals surface area contributed by atoms with E-state index in [1.165, 1.54) is 0 Å². The highest BCUT2D eigenvalue weighted by molar-refractivity contribution is 7.91. The predicted octanol–water partition coefficient (Wildman–Crippen LogP) is 2.67. The molecule has 0 saturated heterocycles. The van der Waals surface area contributed by atoms with E-state index >= 15 is 0 Å². The second-order valence-electron chi connectivity index (χ2n) is 5.22. The molecule has 1 saturated carbocycles. The lowest BCUT2D eigenvalue weighted by molar-refractivity contribution is -0.148. The minimum atomic E-state index is -3.34. The molecule has 1 aromatic carbocycles. The summed E-state index contributed by atoms with van der Waals surface area (Å²) in [6.07, 6.45) is 3.18. The van der Waals surface area contributed by atoms with E-state index in [2.05, 4.69) is 0 Å². The van der Waals surface area contributed by atoms with E-state index in [0.717, 1.165) is 24.0 Å². The summed E-state index contributed by atoms with van der Waals surface area (Å²) < 4.78 is 29.4. The van der Waals surface area contributed by atoms with Gasteiger partial charge in [-0.25, -0.2) is 8.42 Å². The van der Waals surface area contributed by atoms with Gasteiger partial charge in [-0.2, -0.15) is 0 Å². The van der Waals surface area contributed by atoms with E-state index in [1.54, 1.807) is 37.3 Å². The average molecular weight is 308 g/mol. The number of sulfone groups is 1. The first kappa shape index (κ1) is 15.8. The first-order chi connectivity index (χ1) is 9.94. The molecular weight excluding hydrogens is 288 g/mol. The number of benzene rings is 1. The molecule has 0 amide bonds. The van der Waals surface area contributed by atoms with Crippen molar-refractivity contribution in [3.63, 3.8) is 0 Å². The lowest BCUT2D eigenvalue weighted by Gasteiger charge is -2.27. The molecule has 0 spiro atoms. The first-order valence-corrected chi connectivity index (χ1v) is 8.74. The van der Waals surface area contributed by atoms with Crippen molar-refractivity contribution in [3.8, 4) is 0 Å². The van der Waals surface area contributed by atoms with E-state index in [0.29, 0.717) is 11.5 Å². The summed E-state index contributed by atoms with van der Waals surface area (Å²) in [5.74, 6) is -0.567. The van der Waals surface area contributed by atoms with Gasteiger partial charge in [-0.3, -0.25) is 4.79 Å². The van der Waals surface area contributed by atoms with Crippen LogP contribution in [0.25, 0.3) is 0 Å². The Kier molecular flexibility index (Phi) is 4.83. The topological polar surface area (TPSA) is 60.4 Å². The van der Waals surface area contributed by atoms with Gasteiger partial charge in [0.1, 0.15) is 0 Å². The number of hydrogen-bond acceptors (Lipinski definition) is 4. The van der Waals surface area contributed by atoms with Gasteiger partial charge in [0.15, 0.2) is 9.84 Å². The van der Waals surface area contributed by atoms with Gasteiger partial charge >= 0.3 is 5.97 Å². The highest BCUT2D eigenvalue weighted by Crippen LogP contribution is 2.34. The van der Waals surface area contributed by atoms with E-state index in [9.17, 15) is 13.2 Å². The normalized spacial score (nSPS) is 20.1. The van der Waals surface area contributed by atoms with Gasteiger partial charge in [0, 0.05) is 0 Å². The molecule has 0 N–H and O–H groups in total. The minimum Gasteiger partial charge on any atom is -0.466 e. The molecule has 1 atom stereocenters. The maximum absolute atomic E-state index is 12.2. The summed E-state index contributed by atoms with van der Waals surface area (Å²) in [6.45, 7) is 4.03. The van der Waals surface area contributed by atoms with Crippen LogP contribution in [0.2, 0.25) is 0 Å². The molecule has 21 heavy (non-hydrogen) atoms. The van der Waals surface area contributed by atoms with Crippen molar-refractivity contribution in [3.05, 3.63) is 41.5 Å². The lowest BCUT2D eigenvalue weighted by Crippen LogP contribution is -2.27. The van der Waals surface area contributed by atoms with E-state index in [4.69, 9.17) is 4.74 Å². The molecule has 1 aromatic rings. The Morgan fingerprint density at radius 3 is 2.52 bits per heavy atom. The number of esters is 1. The molecule has 1 fully saturated rings. The minimum absolute atomic E-state index is 0.0682. The summed E-state index contributed by atoms with van der Waals surface area (Å²) in [6, 6.07) is 6.80. The van der Waals surface area contributed by atoms with Crippen molar-refractivity contribution in [1.29, 1.82) is 0 Å². The van der Waals surface area contributed by atoms with Crippen LogP contribution in [0.5, 0.6) is 0 Å². The maximum atomic E-state index is 12.2. The fourth-order valence-corrected chi connectivity index (χ4v) is 3.45. The summed E-state index contributed by atoms with van der Waals surface area (Å²) in [4.78, 5) is 12.0. The fourth-order valence-electron chi connectivity index (χ4n) is 2.27. The Labute approximate surface area is 125 Å². The third-order valence-corrected chi connectivity index (χ3v) is 5.28. The van der Waals surface area contributed by atoms with Crippen LogP contribution in [0.1, 0.15) is 25.3 Å². The van der Waals surface area contributed by atoms with Crippen molar-refractivity contribution in [1.82, 2.24) is 0 Å². The van der Waals surface area contributed by atoms with Crippen LogP contribution in [-0.2, 0) is 19.4 Å². The molecule has 2 rings (SSSR count). The molecule has 114 valence electrons. The Hall–Kier alpha value is -1.62. The zero-order chi connectivity index (χ0) is 15.5. The van der Waals surface area contributed by atoms with Crippen LogP contribution < -0.4 is 0 Å². The van der Waals surface area contributed by atoms with Gasteiger partial charge in [-0.05, 0) is 38.8 Å². The van der Waals surface area contributed by atoms with Crippen molar-refractivity contribution >= 4 is 15.8 Å². The average Bonchev–Trinajstić information content (AvgIpc) is 2.38. The third-order valence-electron chi connectivity index (χ3n) is 3.69. The molecule has 0 aliphatic heterocycles. The van der Waals surface area contributed by atoms with Crippen LogP contribution in [-0.4, -0.2) is 26.7 Å². The van der Waals surface area contributed by atoms with Gasteiger partial charge < -0.3 is 4.74 Å². The second-order valence-corrected chi connectivity index (χ2v) is 7.25. The lowest BCUT2D eigenvalue weighted by atomic mass is 9.79. The van der Waals surface area contributed by atoms with E-state index in [1.807, 2.05) is 6.92 Å². The maximum Gasteiger partial charge on any atom is 0.313 e. The van der Waals surface area contributed by atoms with E-state index in [-0.39, 0.29) is 17.6 Å². The number of aryl methyl sites for hydroxylation is 1. The number of ether oxygens (including phenoxy) is 1. The summed E-state index contributed by atoms with van der Waals surface area (Å²) in [7, 11) is -3.34. The van der Waals surface area contributed by atoms with Gasteiger partial charge in [0.2, 0.25) is 0 Å². The van der Waals surface area contributed by atoms with Gasteiger partial charge in [0.25, 0.3) is 0 Å². The molecule has 1 unspecified atom stereocenters. The molecule has 0 bridgehead atoms. The summed E-state index contributed by atoms with van der Waals surface area (Å²) in [5.41, 5.74) is 1.90. The Morgan fingerprint density at radius 2 is 2.00 bits per heavy atom. The Balaban J connectivity index is 2.06. The fraction of sp³-hybridized carbons (Fsp3) is 0.438. The van der Waals surface area contributed by atoms with Crippen LogP contribution >= 0.6 is 0 Å². The van der Waals surface area contributed by atoms with Crippen LogP contribution in [0, 0.1) is 12.8 Å². The van der Waals surface area contributed by atoms with E-state index < -0.39 is 9.84 Å². The zero-order valence-electron chi connectivity index (χ0n) is 12.3. The van der Waals surface area contributed by atoms with Gasteiger partial charge in [-0.15, -0.1) is 0 Å². The smallest absolute Gasteiger partial charge is 0.313 e. The largest absolute Gasteiger partial charge is 0.466 e. The molecule has 5 heteroatoms. The molecule has 1 aliphatic carbocycles. The molecular formula is C16H20O4S. The van der Waals surface area contributed by atoms with Gasteiger partial charge in [-0.1, -0.05) is 29.3 Å². The molecule has 1 aliphatic rings. The second kappa shape index (κ2) is 6.43. The monoisotopic (exact) mass is 308 g/mol. The number of carbonyl (C=O) groups is 1. The summed E-state index contributed by atoms with van der Waals surface area (Å²) >= 11 is 0. The third kappa shape index (κ3) is 3.73. The first-order valence-electron chi connectivity index (χ1n) is 7.09. The summed E-state index contributed by atoms with van der Waals surface area (Å²) in [5, 5.41) is 0. The van der Waals surface area contributed by atoms with Crippen molar-refractivity contribution < 1.29 is 17.9 Å². The highest BCUT2D eigenvalue weighted by atomic mass is 32.2. The molecule has 4 nitrogen and oxygen atoms in total. The standard InChI is InChI=1S/C16H20O4S/c1-3-20-16(17)15-9-6-13(15)10-11-21(18,19)14-7-4-12(2)5-8-14/h4-5,7-8,10,15H,3,6,9,11H2,1-2H3/b13-10-. The molecule has 0 heterocycles. The van der Waals surface area contributed by atoms with Crippen LogP contribution in [0.3, 0.4) is 0 Å². The number of carbonyl (C=O) groups excluding carboxylic acids is 1. The van der Waals surface area contributed by atoms with Crippen molar-refractivity contribution in [2.45, 2.75) is 31.6 Å². The zero-order valence-corrected chi connectivity index (χ0v) is 13.2. The van der Waals surface area contributed by atoms with Crippen molar-refractivity contribution in [2.75, 3.05) is 12.4 Å². The predicted molar refractivity (Wildman–Crippen MR) is 80.7 cm³/mol. The van der Waals surface area contributed by atoms with Gasteiger partial charge in [0.05, 0.1) is 23.2 Å². The molecule has 0 aromatic heterocycles. The quantitative estimate of drug-likeness (QED) is 0.620. The van der Waals surface area contributed by atoms with Crippen LogP contribution in [0.15, 0.2) is 40.8 Å². The van der Waals surface area contributed by atoms with Crippen LogP contribution in [0.4, 0.5) is 0 Å². The number of rotatable bonds is 5. The Bertz CT molecular complexity index is 641. The highest BCUT2D eigenvalue weighted by Gasteiger charge is 2.32.